The number of nitrogens with one attached hydrogen (secondary N) is 1. The standard InChI is InChI=1S/C19H32N2/c1-6-15(4)18-13-21(19(11-20-18)14(2)3)12-17-10-8-7-9-16(17)5/h7-10,14-15,18-20H,6,11-13H2,1-5H3. The molecule has 118 valence electrons. The number of hydrogen-bond acceptors (Lipinski definition) is 2. The fourth-order valence-corrected chi connectivity index (χ4v) is 3.36. The van der Waals surface area contributed by atoms with Gasteiger partial charge in [0, 0.05) is 31.7 Å². The lowest BCUT2D eigenvalue weighted by Gasteiger charge is -2.44. The summed E-state index contributed by atoms with van der Waals surface area (Å²) in [6.07, 6.45) is 1.25. The van der Waals surface area contributed by atoms with Crippen molar-refractivity contribution in [3.05, 3.63) is 35.4 Å². The van der Waals surface area contributed by atoms with Gasteiger partial charge in [0.15, 0.2) is 0 Å². The van der Waals surface area contributed by atoms with Gasteiger partial charge in [-0.3, -0.25) is 4.90 Å². The lowest BCUT2D eigenvalue weighted by Crippen LogP contribution is -2.59. The van der Waals surface area contributed by atoms with Gasteiger partial charge in [0.2, 0.25) is 0 Å². The number of benzene rings is 1. The Hall–Kier alpha value is -0.860. The first-order chi connectivity index (χ1) is 10.0. The van der Waals surface area contributed by atoms with E-state index in [4.69, 9.17) is 0 Å². The highest BCUT2D eigenvalue weighted by atomic mass is 15.2. The molecule has 1 saturated heterocycles. The van der Waals surface area contributed by atoms with Crippen LogP contribution in [0.2, 0.25) is 0 Å². The highest BCUT2D eigenvalue weighted by Crippen LogP contribution is 2.22. The molecule has 2 rings (SSSR count). The van der Waals surface area contributed by atoms with Crippen LogP contribution in [-0.2, 0) is 6.54 Å². The first kappa shape index (κ1) is 16.5. The van der Waals surface area contributed by atoms with E-state index in [2.05, 4.69) is 69.1 Å². The topological polar surface area (TPSA) is 15.3 Å². The van der Waals surface area contributed by atoms with Gasteiger partial charge in [-0.1, -0.05) is 58.4 Å². The summed E-state index contributed by atoms with van der Waals surface area (Å²) in [5.74, 6) is 1.44. The van der Waals surface area contributed by atoms with Crippen molar-refractivity contribution in [3.8, 4) is 0 Å². The number of piperazine rings is 1. The maximum absolute atomic E-state index is 3.79. The number of aryl methyl sites for hydroxylation is 1. The van der Waals surface area contributed by atoms with Gasteiger partial charge in [-0.05, 0) is 29.9 Å². The van der Waals surface area contributed by atoms with Gasteiger partial charge < -0.3 is 5.32 Å². The molecule has 0 aliphatic carbocycles. The molecule has 2 heteroatoms. The van der Waals surface area contributed by atoms with Crippen molar-refractivity contribution < 1.29 is 0 Å². The van der Waals surface area contributed by atoms with E-state index in [1.807, 2.05) is 0 Å². The van der Waals surface area contributed by atoms with Gasteiger partial charge >= 0.3 is 0 Å². The Morgan fingerprint density at radius 1 is 1.24 bits per heavy atom. The van der Waals surface area contributed by atoms with E-state index >= 15 is 0 Å². The molecule has 1 aliphatic rings. The molecule has 21 heavy (non-hydrogen) atoms. The Morgan fingerprint density at radius 2 is 1.95 bits per heavy atom. The van der Waals surface area contributed by atoms with E-state index < -0.39 is 0 Å². The van der Waals surface area contributed by atoms with Gasteiger partial charge in [0.05, 0.1) is 0 Å². The van der Waals surface area contributed by atoms with Crippen molar-refractivity contribution in [1.29, 1.82) is 0 Å². The molecule has 2 nitrogen and oxygen atoms in total. The van der Waals surface area contributed by atoms with Gasteiger partial charge in [0.25, 0.3) is 0 Å². The summed E-state index contributed by atoms with van der Waals surface area (Å²) >= 11 is 0. The summed E-state index contributed by atoms with van der Waals surface area (Å²) < 4.78 is 0. The van der Waals surface area contributed by atoms with Crippen molar-refractivity contribution >= 4 is 0 Å². The molecular weight excluding hydrogens is 256 g/mol. The molecule has 0 aromatic heterocycles. The summed E-state index contributed by atoms with van der Waals surface area (Å²) in [6, 6.07) is 10.1. The Kier molecular flexibility index (Phi) is 5.83. The van der Waals surface area contributed by atoms with E-state index in [0.29, 0.717) is 18.0 Å². The van der Waals surface area contributed by atoms with Crippen LogP contribution in [0.15, 0.2) is 24.3 Å². The van der Waals surface area contributed by atoms with Crippen LogP contribution in [0.4, 0.5) is 0 Å². The van der Waals surface area contributed by atoms with Crippen LogP contribution in [0.5, 0.6) is 0 Å². The van der Waals surface area contributed by atoms with E-state index in [9.17, 15) is 0 Å². The van der Waals surface area contributed by atoms with Crippen LogP contribution in [-0.4, -0.2) is 30.1 Å². The molecule has 0 spiro atoms. The fourth-order valence-electron chi connectivity index (χ4n) is 3.36. The fraction of sp³-hybridized carbons (Fsp3) is 0.684. The normalized spacial score (nSPS) is 25.2. The summed E-state index contributed by atoms with van der Waals surface area (Å²) in [6.45, 7) is 15.0. The monoisotopic (exact) mass is 288 g/mol. The van der Waals surface area contributed by atoms with Crippen LogP contribution in [0.25, 0.3) is 0 Å². The molecule has 1 N–H and O–H groups in total. The molecule has 1 aromatic carbocycles. The van der Waals surface area contributed by atoms with E-state index in [-0.39, 0.29) is 0 Å². The smallest absolute Gasteiger partial charge is 0.0247 e. The van der Waals surface area contributed by atoms with Crippen LogP contribution in [0.1, 0.15) is 45.2 Å². The van der Waals surface area contributed by atoms with E-state index in [0.717, 1.165) is 19.0 Å². The molecule has 0 amide bonds. The van der Waals surface area contributed by atoms with Crippen molar-refractivity contribution in [3.63, 3.8) is 0 Å². The minimum atomic E-state index is 0.633. The van der Waals surface area contributed by atoms with Crippen molar-refractivity contribution in [1.82, 2.24) is 10.2 Å². The zero-order chi connectivity index (χ0) is 15.4. The molecule has 1 heterocycles. The molecule has 3 unspecified atom stereocenters. The summed E-state index contributed by atoms with van der Waals surface area (Å²) in [4.78, 5) is 2.71. The minimum Gasteiger partial charge on any atom is -0.311 e. The van der Waals surface area contributed by atoms with Crippen LogP contribution in [0.3, 0.4) is 0 Å². The van der Waals surface area contributed by atoms with Crippen molar-refractivity contribution in [2.24, 2.45) is 11.8 Å². The first-order valence-corrected chi connectivity index (χ1v) is 8.54. The number of rotatable bonds is 5. The molecule has 0 radical (unpaired) electrons. The quantitative estimate of drug-likeness (QED) is 0.885. The van der Waals surface area contributed by atoms with Gasteiger partial charge in [-0.15, -0.1) is 0 Å². The SMILES string of the molecule is CCC(C)C1CN(Cc2ccccc2C)C(C(C)C)CN1. The van der Waals surface area contributed by atoms with Gasteiger partial charge in [0.1, 0.15) is 0 Å². The summed E-state index contributed by atoms with van der Waals surface area (Å²) in [5, 5.41) is 3.79. The Bertz CT molecular complexity index is 441. The molecule has 3 atom stereocenters. The molecule has 0 saturated carbocycles. The number of hydrogen-bond donors (Lipinski definition) is 1. The lowest BCUT2D eigenvalue weighted by molar-refractivity contribution is 0.0751. The van der Waals surface area contributed by atoms with Gasteiger partial charge in [-0.2, -0.15) is 0 Å². The Morgan fingerprint density at radius 3 is 2.57 bits per heavy atom. The molecule has 1 aliphatic heterocycles. The predicted octanol–water partition coefficient (Wildman–Crippen LogP) is 3.84. The van der Waals surface area contributed by atoms with Crippen LogP contribution in [0, 0.1) is 18.8 Å². The molecule has 0 bridgehead atoms. The highest BCUT2D eigenvalue weighted by molar-refractivity contribution is 5.25. The first-order valence-electron chi connectivity index (χ1n) is 8.54. The zero-order valence-electron chi connectivity index (χ0n) is 14.4. The predicted molar refractivity (Wildman–Crippen MR) is 91.5 cm³/mol. The lowest BCUT2D eigenvalue weighted by atomic mass is 9.91. The number of nitrogens with zero attached hydrogens (tertiary/aromatic N) is 1. The second-order valence-corrected chi connectivity index (χ2v) is 7.07. The molecular formula is C19H32N2. The van der Waals surface area contributed by atoms with Crippen molar-refractivity contribution in [2.45, 2.75) is 59.7 Å². The Labute approximate surface area is 130 Å². The van der Waals surface area contributed by atoms with E-state index in [1.165, 1.54) is 24.1 Å². The second-order valence-electron chi connectivity index (χ2n) is 7.07. The van der Waals surface area contributed by atoms with Gasteiger partial charge in [-0.25, -0.2) is 0 Å². The summed E-state index contributed by atoms with van der Waals surface area (Å²) in [5.41, 5.74) is 2.89. The average molecular weight is 288 g/mol. The highest BCUT2D eigenvalue weighted by Gasteiger charge is 2.31. The second kappa shape index (κ2) is 7.42. The molecule has 1 aromatic rings. The van der Waals surface area contributed by atoms with Crippen LogP contribution < -0.4 is 5.32 Å². The minimum absolute atomic E-state index is 0.633. The third-order valence-corrected chi connectivity index (χ3v) is 5.22. The van der Waals surface area contributed by atoms with Crippen LogP contribution >= 0.6 is 0 Å². The maximum atomic E-state index is 3.79. The Balaban J connectivity index is 2.12. The largest absolute Gasteiger partial charge is 0.311 e. The molecule has 1 fully saturated rings. The third-order valence-electron chi connectivity index (χ3n) is 5.22. The zero-order valence-corrected chi connectivity index (χ0v) is 14.4. The van der Waals surface area contributed by atoms with Crippen molar-refractivity contribution in [2.75, 3.05) is 13.1 Å². The summed E-state index contributed by atoms with van der Waals surface area (Å²) in [7, 11) is 0. The average Bonchev–Trinajstić information content (AvgIpc) is 2.48. The maximum Gasteiger partial charge on any atom is 0.0247 e. The third kappa shape index (κ3) is 4.08. The van der Waals surface area contributed by atoms with E-state index in [1.54, 1.807) is 0 Å².